The Morgan fingerprint density at radius 2 is 2.07 bits per heavy atom. The van der Waals surface area contributed by atoms with Crippen molar-refractivity contribution < 1.29 is 12.8 Å². The lowest BCUT2D eigenvalue weighted by Crippen LogP contribution is -1.96. The predicted molar refractivity (Wildman–Crippen MR) is 56.9 cm³/mol. The van der Waals surface area contributed by atoms with E-state index in [9.17, 15) is 12.8 Å². The van der Waals surface area contributed by atoms with Gasteiger partial charge in [0.05, 0.1) is 4.90 Å². The standard InChI is InChI=1S/C7H2ClFINO2S/c8-14(12,13)4-1-6(9)5(3-11)7(10)2-4/h1-2H. The molecule has 74 valence electrons. The summed E-state index contributed by atoms with van der Waals surface area (Å²) in [5.74, 6) is -0.890. The van der Waals surface area contributed by atoms with Crippen molar-refractivity contribution in [2.45, 2.75) is 4.90 Å². The van der Waals surface area contributed by atoms with Crippen LogP contribution >= 0.6 is 33.3 Å². The number of nitriles is 1. The van der Waals surface area contributed by atoms with Gasteiger partial charge >= 0.3 is 0 Å². The molecule has 7 heteroatoms. The fourth-order valence-electron chi connectivity index (χ4n) is 0.797. The van der Waals surface area contributed by atoms with Crippen LogP contribution in [0, 0.1) is 20.7 Å². The highest BCUT2D eigenvalue weighted by Crippen LogP contribution is 2.23. The third-order valence-electron chi connectivity index (χ3n) is 1.41. The van der Waals surface area contributed by atoms with Gasteiger partial charge in [0.1, 0.15) is 17.4 Å². The predicted octanol–water partition coefficient (Wildman–Crippen LogP) is 2.23. The largest absolute Gasteiger partial charge is 0.261 e. The summed E-state index contributed by atoms with van der Waals surface area (Å²) in [6, 6.07) is 3.49. The Morgan fingerprint density at radius 3 is 2.43 bits per heavy atom. The summed E-state index contributed by atoms with van der Waals surface area (Å²) in [4.78, 5) is -0.347. The van der Waals surface area contributed by atoms with Gasteiger partial charge in [-0.05, 0) is 34.7 Å². The molecule has 0 saturated carbocycles. The van der Waals surface area contributed by atoms with Crippen LogP contribution in [-0.4, -0.2) is 8.42 Å². The summed E-state index contributed by atoms with van der Waals surface area (Å²) in [6.07, 6.45) is 0. The zero-order chi connectivity index (χ0) is 10.9. The lowest BCUT2D eigenvalue weighted by Gasteiger charge is -2.00. The van der Waals surface area contributed by atoms with E-state index in [1.54, 1.807) is 28.7 Å². The molecular weight excluding hydrogens is 344 g/mol. The number of rotatable bonds is 1. The lowest BCUT2D eigenvalue weighted by molar-refractivity contribution is 0.600. The fourth-order valence-corrected chi connectivity index (χ4v) is 2.49. The van der Waals surface area contributed by atoms with Crippen molar-refractivity contribution in [1.29, 1.82) is 5.26 Å². The SMILES string of the molecule is N#Cc1c(F)cc(S(=O)(=O)Cl)cc1I. The Hall–Kier alpha value is -0.390. The van der Waals surface area contributed by atoms with Crippen molar-refractivity contribution in [2.75, 3.05) is 0 Å². The topological polar surface area (TPSA) is 57.9 Å². The van der Waals surface area contributed by atoms with E-state index < -0.39 is 14.9 Å². The normalized spacial score (nSPS) is 11.0. The van der Waals surface area contributed by atoms with Crippen LogP contribution in [0.5, 0.6) is 0 Å². The summed E-state index contributed by atoms with van der Waals surface area (Å²) in [5, 5.41) is 8.52. The second kappa shape index (κ2) is 4.00. The molecule has 1 rings (SSSR count). The van der Waals surface area contributed by atoms with Crippen LogP contribution in [0.4, 0.5) is 4.39 Å². The summed E-state index contributed by atoms with van der Waals surface area (Å²) < 4.78 is 35.0. The molecular formula is C7H2ClFINO2S. The lowest BCUT2D eigenvalue weighted by atomic mass is 10.2. The maximum absolute atomic E-state index is 13.1. The quantitative estimate of drug-likeness (QED) is 0.579. The molecule has 3 nitrogen and oxygen atoms in total. The second-order valence-corrected chi connectivity index (χ2v) is 6.04. The summed E-state index contributed by atoms with van der Waals surface area (Å²) >= 11 is 1.67. The van der Waals surface area contributed by atoms with Gasteiger partial charge < -0.3 is 0 Å². The van der Waals surface area contributed by atoms with Crippen LogP contribution in [0.15, 0.2) is 17.0 Å². The Kier molecular flexibility index (Phi) is 3.34. The van der Waals surface area contributed by atoms with Gasteiger partial charge in [0, 0.05) is 14.3 Å². The molecule has 0 amide bonds. The Bertz CT molecular complexity index is 500. The molecule has 0 saturated heterocycles. The van der Waals surface area contributed by atoms with E-state index >= 15 is 0 Å². The molecule has 0 aliphatic carbocycles. The zero-order valence-electron chi connectivity index (χ0n) is 6.46. The van der Waals surface area contributed by atoms with Crippen LogP contribution in [0.1, 0.15) is 5.56 Å². The van der Waals surface area contributed by atoms with Crippen LogP contribution < -0.4 is 0 Å². The minimum Gasteiger partial charge on any atom is -0.207 e. The molecule has 0 aliphatic rings. The Morgan fingerprint density at radius 1 is 1.50 bits per heavy atom. The Balaban J connectivity index is 3.53. The molecule has 0 aromatic heterocycles. The molecule has 0 spiro atoms. The van der Waals surface area contributed by atoms with E-state index in [2.05, 4.69) is 0 Å². The van der Waals surface area contributed by atoms with Crippen molar-refractivity contribution >= 4 is 42.3 Å². The van der Waals surface area contributed by atoms with E-state index in [0.717, 1.165) is 12.1 Å². The van der Waals surface area contributed by atoms with Gasteiger partial charge in [-0.2, -0.15) is 5.26 Å². The zero-order valence-corrected chi connectivity index (χ0v) is 10.2. The molecule has 0 bridgehead atoms. The average Bonchev–Trinajstić information content (AvgIpc) is 2.01. The van der Waals surface area contributed by atoms with Gasteiger partial charge in [-0.1, -0.05) is 0 Å². The minimum absolute atomic E-state index is 0.185. The second-order valence-electron chi connectivity index (χ2n) is 2.31. The van der Waals surface area contributed by atoms with Gasteiger partial charge in [0.25, 0.3) is 9.05 Å². The van der Waals surface area contributed by atoms with E-state index in [-0.39, 0.29) is 14.0 Å². The minimum atomic E-state index is -3.95. The monoisotopic (exact) mass is 345 g/mol. The van der Waals surface area contributed by atoms with Gasteiger partial charge in [0.2, 0.25) is 0 Å². The summed E-state index contributed by atoms with van der Waals surface area (Å²) in [5.41, 5.74) is -0.185. The van der Waals surface area contributed by atoms with Crippen molar-refractivity contribution in [2.24, 2.45) is 0 Å². The summed E-state index contributed by atoms with van der Waals surface area (Å²) in [6.45, 7) is 0. The number of halogens is 3. The molecule has 0 N–H and O–H groups in total. The van der Waals surface area contributed by atoms with Crippen LogP contribution in [0.3, 0.4) is 0 Å². The van der Waals surface area contributed by atoms with E-state index in [1.165, 1.54) is 0 Å². The van der Waals surface area contributed by atoms with Gasteiger partial charge in [-0.15, -0.1) is 0 Å². The molecule has 14 heavy (non-hydrogen) atoms. The molecule has 0 radical (unpaired) electrons. The highest BCUT2D eigenvalue weighted by Gasteiger charge is 2.16. The van der Waals surface area contributed by atoms with Gasteiger partial charge in [-0.3, -0.25) is 0 Å². The maximum atomic E-state index is 13.1. The fraction of sp³-hybridized carbons (Fsp3) is 0. The third kappa shape index (κ3) is 2.34. The number of hydrogen-bond donors (Lipinski definition) is 0. The maximum Gasteiger partial charge on any atom is 0.261 e. The molecule has 0 atom stereocenters. The molecule has 1 aromatic carbocycles. The molecule has 0 fully saturated rings. The number of benzene rings is 1. The molecule has 0 unspecified atom stereocenters. The van der Waals surface area contributed by atoms with Crippen molar-refractivity contribution in [3.63, 3.8) is 0 Å². The van der Waals surface area contributed by atoms with Crippen molar-refractivity contribution in [1.82, 2.24) is 0 Å². The van der Waals surface area contributed by atoms with Gasteiger partial charge in [-0.25, -0.2) is 12.8 Å². The third-order valence-corrected chi connectivity index (χ3v) is 3.59. The first kappa shape index (κ1) is 11.7. The average molecular weight is 346 g/mol. The van der Waals surface area contributed by atoms with Crippen LogP contribution in [-0.2, 0) is 9.05 Å². The summed E-state index contributed by atoms with van der Waals surface area (Å²) in [7, 11) is 1.06. The number of nitrogens with zero attached hydrogens (tertiary/aromatic N) is 1. The van der Waals surface area contributed by atoms with E-state index in [1.807, 2.05) is 0 Å². The number of hydrogen-bond acceptors (Lipinski definition) is 3. The molecule has 1 aromatic rings. The van der Waals surface area contributed by atoms with Crippen molar-refractivity contribution in [3.8, 4) is 6.07 Å². The van der Waals surface area contributed by atoms with Crippen LogP contribution in [0.2, 0.25) is 0 Å². The van der Waals surface area contributed by atoms with Crippen molar-refractivity contribution in [3.05, 3.63) is 27.1 Å². The molecule has 0 aliphatic heterocycles. The highest BCUT2D eigenvalue weighted by molar-refractivity contribution is 14.1. The van der Waals surface area contributed by atoms with E-state index in [4.69, 9.17) is 15.9 Å². The first-order chi connectivity index (χ1) is 6.36. The van der Waals surface area contributed by atoms with Crippen LogP contribution in [0.25, 0.3) is 0 Å². The van der Waals surface area contributed by atoms with Gasteiger partial charge in [0.15, 0.2) is 0 Å². The Labute approximate surface area is 98.0 Å². The first-order valence-corrected chi connectivity index (χ1v) is 6.59. The first-order valence-electron chi connectivity index (χ1n) is 3.20. The highest BCUT2D eigenvalue weighted by atomic mass is 127. The smallest absolute Gasteiger partial charge is 0.207 e. The van der Waals surface area contributed by atoms with E-state index in [0.29, 0.717) is 0 Å². The molecule has 0 heterocycles.